The summed E-state index contributed by atoms with van der Waals surface area (Å²) < 4.78 is 0. The van der Waals surface area contributed by atoms with Crippen LogP contribution in [0, 0.1) is 12.3 Å². The number of nitrogens with one attached hydrogen (secondary N) is 1. The molecule has 1 aliphatic carbocycles. The molecule has 5 nitrogen and oxygen atoms in total. The predicted molar refractivity (Wildman–Crippen MR) is 113 cm³/mol. The maximum Gasteiger partial charge on any atom is 0.254 e. The number of piperidine rings is 1. The van der Waals surface area contributed by atoms with E-state index < -0.39 is 0 Å². The van der Waals surface area contributed by atoms with E-state index in [2.05, 4.69) is 12.2 Å². The molecule has 28 heavy (non-hydrogen) atoms. The minimum absolute atomic E-state index is 0.0270. The molecule has 2 fully saturated rings. The molecule has 1 saturated carbocycles. The lowest BCUT2D eigenvalue weighted by atomic mass is 9.71. The largest absolute Gasteiger partial charge is 0.336 e. The van der Waals surface area contributed by atoms with Gasteiger partial charge in [0.15, 0.2) is 0 Å². The van der Waals surface area contributed by atoms with Crippen LogP contribution < -0.4 is 11.1 Å². The lowest BCUT2D eigenvalue weighted by Crippen LogP contribution is -2.42. The first kappa shape index (κ1) is 20.8. The van der Waals surface area contributed by atoms with Gasteiger partial charge < -0.3 is 16.0 Å². The summed E-state index contributed by atoms with van der Waals surface area (Å²) in [6.45, 7) is 5.47. The molecule has 1 saturated heterocycles. The lowest BCUT2D eigenvalue weighted by molar-refractivity contribution is -0.118. The Bertz CT molecular complexity index is 710. The monoisotopic (exact) mass is 385 g/mol. The summed E-state index contributed by atoms with van der Waals surface area (Å²) in [7, 11) is 0. The van der Waals surface area contributed by atoms with Gasteiger partial charge in [0.25, 0.3) is 5.91 Å². The zero-order chi connectivity index (χ0) is 20.1. The number of nitrogens with zero attached hydrogens (tertiary/aromatic N) is 1. The van der Waals surface area contributed by atoms with Gasteiger partial charge in [-0.25, -0.2) is 0 Å². The van der Waals surface area contributed by atoms with Gasteiger partial charge in [-0.1, -0.05) is 19.3 Å². The third-order valence-corrected chi connectivity index (χ3v) is 6.69. The van der Waals surface area contributed by atoms with E-state index in [1.807, 2.05) is 30.0 Å². The van der Waals surface area contributed by atoms with E-state index in [0.717, 1.165) is 56.3 Å². The minimum atomic E-state index is -0.0451. The highest BCUT2D eigenvalue weighted by molar-refractivity contribution is 5.97. The first-order valence-corrected chi connectivity index (χ1v) is 10.9. The zero-order valence-corrected chi connectivity index (χ0v) is 17.4. The Morgan fingerprint density at radius 3 is 2.57 bits per heavy atom. The Hall–Kier alpha value is -1.88. The van der Waals surface area contributed by atoms with Crippen molar-refractivity contribution >= 4 is 17.5 Å². The average Bonchev–Trinajstić information content (AvgIpc) is 2.70. The normalized spacial score (nSPS) is 22.0. The summed E-state index contributed by atoms with van der Waals surface area (Å²) in [5.41, 5.74) is 8.39. The van der Waals surface area contributed by atoms with Crippen LogP contribution in [0.1, 0.15) is 80.6 Å². The highest BCUT2D eigenvalue weighted by Gasteiger charge is 2.33. The molecule has 5 heteroatoms. The molecule has 3 N–H and O–H groups in total. The number of carbonyl (C=O) groups excluding carboxylic acids is 2. The number of aryl methyl sites for hydroxylation is 1. The fourth-order valence-corrected chi connectivity index (χ4v) is 4.79. The summed E-state index contributed by atoms with van der Waals surface area (Å²) >= 11 is 0. The van der Waals surface area contributed by atoms with E-state index in [1.165, 1.54) is 12.8 Å². The van der Waals surface area contributed by atoms with E-state index in [9.17, 15) is 9.59 Å². The van der Waals surface area contributed by atoms with Gasteiger partial charge in [-0.05, 0) is 81.7 Å². The van der Waals surface area contributed by atoms with Gasteiger partial charge in [-0.2, -0.15) is 0 Å². The van der Waals surface area contributed by atoms with Crippen LogP contribution >= 0.6 is 0 Å². The summed E-state index contributed by atoms with van der Waals surface area (Å²) in [6, 6.07) is 5.90. The van der Waals surface area contributed by atoms with Gasteiger partial charge >= 0.3 is 0 Å². The first-order chi connectivity index (χ1) is 13.4. The number of carbonyl (C=O) groups is 2. The number of hydrogen-bond acceptors (Lipinski definition) is 3. The molecular weight excluding hydrogens is 350 g/mol. The molecule has 1 aromatic rings. The predicted octanol–water partition coefficient (Wildman–Crippen LogP) is 4.25. The topological polar surface area (TPSA) is 75.4 Å². The van der Waals surface area contributed by atoms with Crippen LogP contribution in [-0.2, 0) is 4.79 Å². The maximum atomic E-state index is 12.9. The van der Waals surface area contributed by atoms with Gasteiger partial charge in [-0.15, -0.1) is 0 Å². The van der Waals surface area contributed by atoms with E-state index in [0.29, 0.717) is 24.6 Å². The molecule has 0 spiro atoms. The van der Waals surface area contributed by atoms with Crippen molar-refractivity contribution in [1.82, 2.24) is 4.90 Å². The number of amides is 2. The van der Waals surface area contributed by atoms with Crippen molar-refractivity contribution < 1.29 is 9.59 Å². The number of nitrogens with two attached hydrogens (primary N) is 1. The molecule has 0 bridgehead atoms. The molecule has 2 amide bonds. The molecule has 1 aromatic carbocycles. The number of rotatable bonds is 5. The van der Waals surface area contributed by atoms with Crippen LogP contribution in [0.2, 0.25) is 0 Å². The Balaban J connectivity index is 1.65. The number of anilines is 1. The van der Waals surface area contributed by atoms with Crippen molar-refractivity contribution in [1.29, 1.82) is 0 Å². The van der Waals surface area contributed by atoms with Gasteiger partial charge in [0.1, 0.15) is 0 Å². The van der Waals surface area contributed by atoms with Crippen LogP contribution in [0.4, 0.5) is 5.69 Å². The Morgan fingerprint density at radius 1 is 1.18 bits per heavy atom. The van der Waals surface area contributed by atoms with Crippen LogP contribution in [0.15, 0.2) is 18.2 Å². The molecule has 1 heterocycles. The summed E-state index contributed by atoms with van der Waals surface area (Å²) in [5, 5.41) is 3.05. The van der Waals surface area contributed by atoms with E-state index in [4.69, 9.17) is 5.73 Å². The highest BCUT2D eigenvalue weighted by atomic mass is 16.2. The van der Waals surface area contributed by atoms with Crippen LogP contribution in [0.5, 0.6) is 0 Å². The fraction of sp³-hybridized carbons (Fsp3) is 0.652. The smallest absolute Gasteiger partial charge is 0.254 e. The van der Waals surface area contributed by atoms with Gasteiger partial charge in [0.05, 0.1) is 0 Å². The first-order valence-electron chi connectivity index (χ1n) is 10.9. The lowest BCUT2D eigenvalue weighted by Gasteiger charge is -2.35. The highest BCUT2D eigenvalue weighted by Crippen LogP contribution is 2.38. The second-order valence-corrected chi connectivity index (χ2v) is 8.86. The quantitative estimate of drug-likeness (QED) is 0.796. The molecule has 154 valence electrons. The second-order valence-electron chi connectivity index (χ2n) is 8.86. The summed E-state index contributed by atoms with van der Waals surface area (Å²) in [5.74, 6) is 0.122. The van der Waals surface area contributed by atoms with Crippen molar-refractivity contribution in [2.24, 2.45) is 11.1 Å². The van der Waals surface area contributed by atoms with E-state index in [-0.39, 0.29) is 17.2 Å². The van der Waals surface area contributed by atoms with Crippen molar-refractivity contribution in [3.05, 3.63) is 29.3 Å². The molecule has 3 rings (SSSR count). The van der Waals surface area contributed by atoms with Crippen molar-refractivity contribution in [3.63, 3.8) is 0 Å². The fourth-order valence-electron chi connectivity index (χ4n) is 4.79. The summed E-state index contributed by atoms with van der Waals surface area (Å²) in [4.78, 5) is 27.5. The standard InChI is InChI=1S/C23H35N3O2/c1-17-14-19(22(28)26-13-7-4-8-18(26)2)9-10-20(17)25-21(27)15-23(16-24)11-5-3-6-12-23/h9-10,14,18H,3-8,11-13,15-16,24H2,1-2H3,(H,25,27). The number of likely N-dealkylation sites (tertiary alicyclic amines) is 1. The third-order valence-electron chi connectivity index (χ3n) is 6.69. The van der Waals surface area contributed by atoms with Crippen LogP contribution in [-0.4, -0.2) is 35.8 Å². The van der Waals surface area contributed by atoms with Gasteiger partial charge in [-0.3, -0.25) is 9.59 Å². The maximum absolute atomic E-state index is 12.9. The summed E-state index contributed by atoms with van der Waals surface area (Å²) in [6.07, 6.45) is 9.47. The minimum Gasteiger partial charge on any atom is -0.336 e. The molecule has 0 radical (unpaired) electrons. The number of benzene rings is 1. The molecule has 0 aromatic heterocycles. The third kappa shape index (κ3) is 4.75. The van der Waals surface area contributed by atoms with Crippen molar-refractivity contribution in [3.8, 4) is 0 Å². The molecule has 2 aliphatic rings. The second kappa shape index (κ2) is 9.08. The van der Waals surface area contributed by atoms with Crippen LogP contribution in [0.25, 0.3) is 0 Å². The zero-order valence-electron chi connectivity index (χ0n) is 17.4. The van der Waals surface area contributed by atoms with Gasteiger partial charge in [0, 0.05) is 30.3 Å². The molecule has 1 atom stereocenters. The number of hydrogen-bond donors (Lipinski definition) is 2. The average molecular weight is 386 g/mol. The molecular formula is C23H35N3O2. The molecule has 1 unspecified atom stereocenters. The molecule has 1 aliphatic heterocycles. The van der Waals surface area contributed by atoms with Crippen molar-refractivity contribution in [2.45, 2.75) is 77.7 Å². The SMILES string of the molecule is Cc1cc(C(=O)N2CCCCC2C)ccc1NC(=O)CC1(CN)CCCCC1. The van der Waals surface area contributed by atoms with E-state index >= 15 is 0 Å². The van der Waals surface area contributed by atoms with E-state index in [1.54, 1.807) is 0 Å². The van der Waals surface area contributed by atoms with Crippen molar-refractivity contribution in [2.75, 3.05) is 18.4 Å². The Morgan fingerprint density at radius 2 is 1.93 bits per heavy atom. The van der Waals surface area contributed by atoms with Gasteiger partial charge in [0.2, 0.25) is 5.91 Å². The Labute approximate surface area is 169 Å². The Kier molecular flexibility index (Phi) is 6.76. The van der Waals surface area contributed by atoms with Crippen LogP contribution in [0.3, 0.4) is 0 Å².